The van der Waals surface area contributed by atoms with Crippen molar-refractivity contribution in [3.8, 4) is 0 Å². The molecular weight excluding hydrogens is 499 g/mol. The van der Waals surface area contributed by atoms with Crippen LogP contribution in [0, 0.1) is 13.8 Å². The second-order valence-electron chi connectivity index (χ2n) is 8.06. The molecule has 6 heteroatoms. The van der Waals surface area contributed by atoms with Crippen LogP contribution < -0.4 is 10.6 Å². The molecule has 0 spiro atoms. The predicted molar refractivity (Wildman–Crippen MR) is 139 cm³/mol. The van der Waals surface area contributed by atoms with Gasteiger partial charge in [0, 0.05) is 32.6 Å². The first-order valence-corrected chi connectivity index (χ1v) is 11.0. The Morgan fingerprint density at radius 2 is 1.77 bits per heavy atom. The number of guanidine groups is 1. The zero-order valence-corrected chi connectivity index (χ0v) is 21.2. The van der Waals surface area contributed by atoms with Crippen molar-refractivity contribution in [2.24, 2.45) is 4.99 Å². The number of nitrogens with one attached hydrogen (secondary N) is 2. The van der Waals surface area contributed by atoms with Gasteiger partial charge in [0.1, 0.15) is 0 Å². The van der Waals surface area contributed by atoms with E-state index < -0.39 is 0 Å². The van der Waals surface area contributed by atoms with Crippen LogP contribution in [-0.4, -0.2) is 36.4 Å². The number of halogens is 1. The molecule has 1 fully saturated rings. The summed E-state index contributed by atoms with van der Waals surface area (Å²) in [6, 6.07) is 15.0. The molecule has 2 aromatic carbocycles. The van der Waals surface area contributed by atoms with Crippen molar-refractivity contribution in [1.29, 1.82) is 0 Å². The van der Waals surface area contributed by atoms with Crippen molar-refractivity contribution in [2.45, 2.75) is 53.1 Å². The van der Waals surface area contributed by atoms with Gasteiger partial charge in [-0.1, -0.05) is 53.6 Å². The van der Waals surface area contributed by atoms with E-state index >= 15 is 0 Å². The minimum atomic E-state index is 0. The lowest BCUT2D eigenvalue weighted by atomic mass is 10.1. The fraction of sp³-hybridized carbons (Fsp3) is 0.440. The Kier molecular flexibility index (Phi) is 10.3. The lowest BCUT2D eigenvalue weighted by Gasteiger charge is -2.18. The van der Waals surface area contributed by atoms with Gasteiger partial charge in [0.2, 0.25) is 5.91 Å². The van der Waals surface area contributed by atoms with E-state index in [0.717, 1.165) is 38.4 Å². The van der Waals surface area contributed by atoms with Gasteiger partial charge in [0.25, 0.3) is 0 Å². The second-order valence-corrected chi connectivity index (χ2v) is 8.06. The molecule has 0 bridgehead atoms. The molecule has 1 heterocycles. The van der Waals surface area contributed by atoms with Gasteiger partial charge in [-0.3, -0.25) is 4.79 Å². The average Bonchev–Trinajstić information content (AvgIpc) is 3.11. The number of amides is 1. The molecule has 1 aliphatic heterocycles. The van der Waals surface area contributed by atoms with E-state index in [0.29, 0.717) is 19.5 Å². The average molecular weight is 534 g/mol. The third-order valence-electron chi connectivity index (χ3n) is 5.39. The fourth-order valence-electron chi connectivity index (χ4n) is 3.99. The molecule has 5 nitrogen and oxygen atoms in total. The van der Waals surface area contributed by atoms with Crippen molar-refractivity contribution in [3.05, 3.63) is 70.3 Å². The summed E-state index contributed by atoms with van der Waals surface area (Å²) in [6.07, 6.45) is 2.60. The fourth-order valence-corrected chi connectivity index (χ4v) is 3.99. The summed E-state index contributed by atoms with van der Waals surface area (Å²) in [5, 5.41) is 6.79. The molecule has 0 atom stereocenters. The molecule has 3 rings (SSSR count). The monoisotopic (exact) mass is 534 g/mol. The van der Waals surface area contributed by atoms with Crippen molar-refractivity contribution in [3.63, 3.8) is 0 Å². The standard InChI is InChI=1S/C25H34N4O.HI/c1-4-26-25(27-12-11-21-15-19(2)14-20(3)16-21)28-17-22-8-5-6-9-23(22)18-29-13-7-10-24(29)30;/h5-6,8-9,14-16H,4,7,10-13,17-18H2,1-3H3,(H2,26,27,28);1H. The first-order valence-electron chi connectivity index (χ1n) is 11.0. The van der Waals surface area contributed by atoms with Crippen LogP contribution in [0.4, 0.5) is 0 Å². The maximum atomic E-state index is 12.0. The Bertz CT molecular complexity index is 877. The Morgan fingerprint density at radius 3 is 2.42 bits per heavy atom. The van der Waals surface area contributed by atoms with Gasteiger partial charge in [0.05, 0.1) is 6.54 Å². The van der Waals surface area contributed by atoms with E-state index in [9.17, 15) is 4.79 Å². The van der Waals surface area contributed by atoms with E-state index in [1.807, 2.05) is 17.0 Å². The number of likely N-dealkylation sites (tertiary alicyclic amines) is 1. The van der Waals surface area contributed by atoms with Crippen molar-refractivity contribution in [2.75, 3.05) is 19.6 Å². The molecule has 168 valence electrons. The van der Waals surface area contributed by atoms with E-state index in [4.69, 9.17) is 4.99 Å². The normalized spacial score (nSPS) is 13.8. The zero-order chi connectivity index (χ0) is 21.3. The number of nitrogens with zero attached hydrogens (tertiary/aromatic N) is 2. The Hall–Kier alpha value is -2.09. The lowest BCUT2D eigenvalue weighted by Crippen LogP contribution is -2.38. The summed E-state index contributed by atoms with van der Waals surface area (Å²) in [6.45, 7) is 10.1. The molecular formula is C25H35IN4O. The maximum Gasteiger partial charge on any atom is 0.222 e. The van der Waals surface area contributed by atoms with Crippen LogP contribution in [0.2, 0.25) is 0 Å². The van der Waals surface area contributed by atoms with Crippen molar-refractivity contribution in [1.82, 2.24) is 15.5 Å². The number of hydrogen-bond acceptors (Lipinski definition) is 2. The molecule has 1 aliphatic rings. The highest BCUT2D eigenvalue weighted by atomic mass is 127. The van der Waals surface area contributed by atoms with Crippen LogP contribution >= 0.6 is 24.0 Å². The van der Waals surface area contributed by atoms with Gasteiger partial charge < -0.3 is 15.5 Å². The van der Waals surface area contributed by atoms with Gasteiger partial charge in [-0.15, -0.1) is 24.0 Å². The van der Waals surface area contributed by atoms with Crippen LogP contribution in [0.1, 0.15) is 47.6 Å². The third kappa shape index (κ3) is 7.83. The van der Waals surface area contributed by atoms with E-state index in [2.05, 4.69) is 61.7 Å². The number of aryl methyl sites for hydroxylation is 2. The number of hydrogen-bond donors (Lipinski definition) is 2. The summed E-state index contributed by atoms with van der Waals surface area (Å²) in [5.74, 6) is 1.09. The molecule has 1 amide bonds. The molecule has 0 unspecified atom stereocenters. The summed E-state index contributed by atoms with van der Waals surface area (Å²) in [7, 11) is 0. The van der Waals surface area contributed by atoms with E-state index in [-0.39, 0.29) is 29.9 Å². The Balaban J connectivity index is 0.00000341. The maximum absolute atomic E-state index is 12.0. The summed E-state index contributed by atoms with van der Waals surface area (Å²) in [5.41, 5.74) is 6.31. The second kappa shape index (κ2) is 12.7. The summed E-state index contributed by atoms with van der Waals surface area (Å²) >= 11 is 0. The quantitative estimate of drug-likeness (QED) is 0.301. The third-order valence-corrected chi connectivity index (χ3v) is 5.39. The first kappa shape index (κ1) is 25.2. The minimum Gasteiger partial charge on any atom is -0.357 e. The highest BCUT2D eigenvalue weighted by Crippen LogP contribution is 2.18. The van der Waals surface area contributed by atoms with Crippen LogP contribution in [-0.2, 0) is 24.3 Å². The predicted octanol–water partition coefficient (Wildman–Crippen LogP) is 4.34. The Labute approximate surface area is 203 Å². The number of carbonyl (C=O) groups excluding carboxylic acids is 1. The minimum absolute atomic E-state index is 0. The first-order chi connectivity index (χ1) is 14.5. The number of carbonyl (C=O) groups is 1. The zero-order valence-electron chi connectivity index (χ0n) is 18.9. The molecule has 31 heavy (non-hydrogen) atoms. The smallest absolute Gasteiger partial charge is 0.222 e. The van der Waals surface area contributed by atoms with Crippen LogP contribution in [0.3, 0.4) is 0 Å². The van der Waals surface area contributed by atoms with Crippen LogP contribution in [0.15, 0.2) is 47.5 Å². The molecule has 0 aliphatic carbocycles. The van der Waals surface area contributed by atoms with Gasteiger partial charge in [-0.2, -0.15) is 0 Å². The van der Waals surface area contributed by atoms with E-state index in [1.54, 1.807) is 0 Å². The largest absolute Gasteiger partial charge is 0.357 e. The lowest BCUT2D eigenvalue weighted by molar-refractivity contribution is -0.128. The topological polar surface area (TPSA) is 56.7 Å². The van der Waals surface area contributed by atoms with E-state index in [1.165, 1.54) is 27.8 Å². The highest BCUT2D eigenvalue weighted by Gasteiger charge is 2.20. The van der Waals surface area contributed by atoms with Gasteiger partial charge in [-0.05, 0) is 50.3 Å². The van der Waals surface area contributed by atoms with Gasteiger partial charge in [0.15, 0.2) is 5.96 Å². The SMILES string of the molecule is CCNC(=NCc1ccccc1CN1CCCC1=O)NCCc1cc(C)cc(C)c1.I. The molecule has 0 saturated carbocycles. The van der Waals surface area contributed by atoms with Crippen molar-refractivity contribution >= 4 is 35.8 Å². The molecule has 2 N–H and O–H groups in total. The van der Waals surface area contributed by atoms with Crippen molar-refractivity contribution < 1.29 is 4.79 Å². The number of rotatable bonds is 8. The molecule has 0 radical (unpaired) electrons. The highest BCUT2D eigenvalue weighted by molar-refractivity contribution is 14.0. The number of aliphatic imine (C=N–C) groups is 1. The summed E-state index contributed by atoms with van der Waals surface area (Å²) in [4.78, 5) is 18.7. The van der Waals surface area contributed by atoms with Crippen LogP contribution in [0.25, 0.3) is 0 Å². The van der Waals surface area contributed by atoms with Crippen LogP contribution in [0.5, 0.6) is 0 Å². The Morgan fingerprint density at radius 1 is 1.06 bits per heavy atom. The van der Waals surface area contributed by atoms with Gasteiger partial charge >= 0.3 is 0 Å². The molecule has 2 aromatic rings. The number of benzene rings is 2. The molecule has 1 saturated heterocycles. The summed E-state index contributed by atoms with van der Waals surface area (Å²) < 4.78 is 0. The molecule has 0 aromatic heterocycles. The van der Waals surface area contributed by atoms with Gasteiger partial charge in [-0.25, -0.2) is 4.99 Å².